The van der Waals surface area contributed by atoms with Gasteiger partial charge in [0.2, 0.25) is 11.5 Å². The van der Waals surface area contributed by atoms with Crippen LogP contribution in [0.1, 0.15) is 15.9 Å². The van der Waals surface area contributed by atoms with E-state index in [0.717, 1.165) is 4.90 Å². The predicted molar refractivity (Wildman–Crippen MR) is 103 cm³/mol. The van der Waals surface area contributed by atoms with E-state index in [1.165, 1.54) is 6.07 Å². The summed E-state index contributed by atoms with van der Waals surface area (Å²) >= 11 is 0. The molecule has 0 atom stereocenters. The highest BCUT2D eigenvalue weighted by Crippen LogP contribution is 2.18. The first-order valence-electron chi connectivity index (χ1n) is 8.62. The van der Waals surface area contributed by atoms with Crippen molar-refractivity contribution >= 4 is 34.4 Å². The van der Waals surface area contributed by atoms with E-state index in [-0.39, 0.29) is 30.1 Å². The zero-order chi connectivity index (χ0) is 19.7. The second-order valence-corrected chi connectivity index (χ2v) is 6.39. The summed E-state index contributed by atoms with van der Waals surface area (Å²) in [5, 5.41) is 5.87. The second-order valence-electron chi connectivity index (χ2n) is 6.39. The number of aromatic amines is 1. The molecule has 0 unspecified atom stereocenters. The van der Waals surface area contributed by atoms with Crippen LogP contribution in [0, 0.1) is 0 Å². The molecule has 0 spiro atoms. The summed E-state index contributed by atoms with van der Waals surface area (Å²) in [7, 11) is 0. The van der Waals surface area contributed by atoms with E-state index in [2.05, 4.69) is 15.6 Å². The Bertz CT molecular complexity index is 1150. The number of carbonyl (C=O) groups is 3. The first kappa shape index (κ1) is 17.5. The van der Waals surface area contributed by atoms with Gasteiger partial charge < -0.3 is 15.6 Å². The molecule has 0 bridgehead atoms. The lowest BCUT2D eigenvalue weighted by molar-refractivity contribution is -0.125. The maximum atomic E-state index is 12.7. The fourth-order valence-corrected chi connectivity index (χ4v) is 3.14. The third-order valence-corrected chi connectivity index (χ3v) is 4.46. The van der Waals surface area contributed by atoms with Crippen molar-refractivity contribution in [3.05, 3.63) is 76.1 Å². The number of carbonyl (C=O) groups excluding carboxylic acids is 3. The Morgan fingerprint density at radius 1 is 1.04 bits per heavy atom. The number of hydrogen-bond donors (Lipinski definition) is 3. The summed E-state index contributed by atoms with van der Waals surface area (Å²) in [5.41, 5.74) is 1.67. The topological polar surface area (TPSA) is 111 Å². The average Bonchev–Trinajstić information content (AvgIpc) is 2.99. The summed E-state index contributed by atoms with van der Waals surface area (Å²) in [6.45, 7) is 0.104. The first-order chi connectivity index (χ1) is 13.5. The van der Waals surface area contributed by atoms with E-state index in [9.17, 15) is 19.2 Å². The molecule has 140 valence electrons. The van der Waals surface area contributed by atoms with Crippen LogP contribution in [-0.2, 0) is 11.3 Å². The molecule has 2 aromatic carbocycles. The molecule has 1 saturated heterocycles. The van der Waals surface area contributed by atoms with E-state index in [1.54, 1.807) is 48.5 Å². The minimum absolute atomic E-state index is 0.00904. The number of nitrogens with one attached hydrogen (secondary N) is 3. The van der Waals surface area contributed by atoms with Crippen molar-refractivity contribution in [2.45, 2.75) is 6.54 Å². The molecule has 1 aromatic heterocycles. The average molecular weight is 376 g/mol. The van der Waals surface area contributed by atoms with Gasteiger partial charge in [0, 0.05) is 22.7 Å². The smallest absolute Gasteiger partial charge is 0.324 e. The summed E-state index contributed by atoms with van der Waals surface area (Å²) in [4.78, 5) is 51.8. The Hall–Kier alpha value is -3.94. The minimum atomic E-state index is -0.436. The van der Waals surface area contributed by atoms with Gasteiger partial charge in [-0.3, -0.25) is 19.3 Å². The number of aromatic nitrogens is 1. The molecule has 0 saturated carbocycles. The molecular weight excluding hydrogens is 360 g/mol. The van der Waals surface area contributed by atoms with Crippen LogP contribution in [0.2, 0.25) is 0 Å². The number of benzene rings is 2. The standard InChI is InChI=1S/C20H16N4O4/c25-17-9-15(14-6-1-2-7-16(14)23-17)19(27)22-13-5-3-4-12(8-13)11-24-18(26)10-21-20(24)28/h1-9H,10-11H2,(H,21,28)(H,22,27)(H,23,25). The van der Waals surface area contributed by atoms with Crippen LogP contribution in [0.3, 0.4) is 0 Å². The maximum Gasteiger partial charge on any atom is 0.324 e. The van der Waals surface area contributed by atoms with Crippen molar-refractivity contribution in [3.8, 4) is 0 Å². The molecule has 8 heteroatoms. The Labute approximate surface area is 159 Å². The van der Waals surface area contributed by atoms with Crippen LogP contribution in [0.25, 0.3) is 10.9 Å². The van der Waals surface area contributed by atoms with Crippen molar-refractivity contribution in [2.24, 2.45) is 0 Å². The maximum absolute atomic E-state index is 12.7. The fraction of sp³-hybridized carbons (Fsp3) is 0.100. The van der Waals surface area contributed by atoms with Gasteiger partial charge in [-0.2, -0.15) is 0 Å². The van der Waals surface area contributed by atoms with Gasteiger partial charge in [0.25, 0.3) is 5.91 Å². The van der Waals surface area contributed by atoms with E-state index in [1.807, 2.05) is 0 Å². The van der Waals surface area contributed by atoms with E-state index in [0.29, 0.717) is 22.2 Å². The zero-order valence-electron chi connectivity index (χ0n) is 14.7. The number of imide groups is 1. The third kappa shape index (κ3) is 3.35. The SMILES string of the molecule is O=C(Nc1cccc(CN2C(=O)CNC2=O)c1)c1cc(=O)[nH]c2ccccc12. The van der Waals surface area contributed by atoms with Gasteiger partial charge in [0.1, 0.15) is 0 Å². The fourth-order valence-electron chi connectivity index (χ4n) is 3.14. The number of amides is 4. The monoisotopic (exact) mass is 376 g/mol. The van der Waals surface area contributed by atoms with Crippen LogP contribution < -0.4 is 16.2 Å². The molecule has 3 aromatic rings. The van der Waals surface area contributed by atoms with Crippen molar-refractivity contribution < 1.29 is 14.4 Å². The van der Waals surface area contributed by atoms with Gasteiger partial charge >= 0.3 is 6.03 Å². The molecular formula is C20H16N4O4. The highest BCUT2D eigenvalue weighted by molar-refractivity contribution is 6.12. The first-order valence-corrected chi connectivity index (χ1v) is 8.62. The lowest BCUT2D eigenvalue weighted by atomic mass is 10.1. The van der Waals surface area contributed by atoms with Crippen LogP contribution >= 0.6 is 0 Å². The number of pyridine rings is 1. The molecule has 8 nitrogen and oxygen atoms in total. The van der Waals surface area contributed by atoms with Crippen LogP contribution in [0.5, 0.6) is 0 Å². The van der Waals surface area contributed by atoms with Gasteiger partial charge in [-0.25, -0.2) is 4.79 Å². The number of urea groups is 1. The van der Waals surface area contributed by atoms with Crippen molar-refractivity contribution in [3.63, 3.8) is 0 Å². The number of anilines is 1. The lowest BCUT2D eigenvalue weighted by Gasteiger charge is -2.13. The van der Waals surface area contributed by atoms with Gasteiger partial charge in [-0.05, 0) is 23.8 Å². The summed E-state index contributed by atoms with van der Waals surface area (Å²) in [6.07, 6.45) is 0. The Morgan fingerprint density at radius 3 is 2.64 bits per heavy atom. The summed E-state index contributed by atoms with van der Waals surface area (Å²) in [5.74, 6) is -0.719. The third-order valence-electron chi connectivity index (χ3n) is 4.46. The highest BCUT2D eigenvalue weighted by Gasteiger charge is 2.28. The zero-order valence-corrected chi connectivity index (χ0v) is 14.7. The van der Waals surface area contributed by atoms with Crippen LogP contribution in [0.4, 0.5) is 10.5 Å². The number of H-pyrrole nitrogens is 1. The second kappa shape index (κ2) is 6.99. The van der Waals surface area contributed by atoms with Gasteiger partial charge in [0.15, 0.2) is 0 Å². The van der Waals surface area contributed by atoms with E-state index >= 15 is 0 Å². The lowest BCUT2D eigenvalue weighted by Crippen LogP contribution is -2.30. The summed E-state index contributed by atoms with van der Waals surface area (Å²) < 4.78 is 0. The van der Waals surface area contributed by atoms with Crippen molar-refractivity contribution in [1.29, 1.82) is 0 Å². The number of para-hydroxylation sites is 1. The number of nitrogens with zero attached hydrogens (tertiary/aromatic N) is 1. The van der Waals surface area contributed by atoms with E-state index < -0.39 is 11.9 Å². The van der Waals surface area contributed by atoms with Crippen molar-refractivity contribution in [2.75, 3.05) is 11.9 Å². The molecule has 1 aliphatic heterocycles. The van der Waals surface area contributed by atoms with Crippen molar-refractivity contribution in [1.82, 2.24) is 15.2 Å². The van der Waals surface area contributed by atoms with Gasteiger partial charge in [-0.15, -0.1) is 0 Å². The molecule has 1 aliphatic rings. The molecule has 2 heterocycles. The summed E-state index contributed by atoms with van der Waals surface area (Å²) in [6, 6.07) is 14.7. The molecule has 4 rings (SSSR count). The highest BCUT2D eigenvalue weighted by atomic mass is 16.2. The van der Waals surface area contributed by atoms with Gasteiger partial charge in [-0.1, -0.05) is 30.3 Å². The predicted octanol–water partition coefficient (Wildman–Crippen LogP) is 1.83. The largest absolute Gasteiger partial charge is 0.329 e. The Kier molecular flexibility index (Phi) is 4.36. The Morgan fingerprint density at radius 2 is 1.86 bits per heavy atom. The number of hydrogen-bond acceptors (Lipinski definition) is 4. The van der Waals surface area contributed by atoms with Gasteiger partial charge in [0.05, 0.1) is 18.7 Å². The van der Waals surface area contributed by atoms with Crippen LogP contribution in [0.15, 0.2) is 59.4 Å². The molecule has 4 amide bonds. The number of rotatable bonds is 4. The molecule has 0 aliphatic carbocycles. The number of fused-ring (bicyclic) bond motifs is 1. The molecule has 3 N–H and O–H groups in total. The quantitative estimate of drug-likeness (QED) is 0.603. The normalized spacial score (nSPS) is 13.6. The molecule has 28 heavy (non-hydrogen) atoms. The van der Waals surface area contributed by atoms with E-state index in [4.69, 9.17) is 0 Å². The minimum Gasteiger partial charge on any atom is -0.329 e. The van der Waals surface area contributed by atoms with Crippen LogP contribution in [-0.4, -0.2) is 34.3 Å². The Balaban J connectivity index is 1.58. The molecule has 0 radical (unpaired) electrons. The molecule has 1 fully saturated rings.